The topological polar surface area (TPSA) is 17.1 Å². The van der Waals surface area contributed by atoms with E-state index in [0.29, 0.717) is 0 Å². The smallest absolute Gasteiger partial charge is 0.294 e. The number of hydrogen-bond donors (Lipinski definition) is 0. The van der Waals surface area contributed by atoms with Crippen molar-refractivity contribution in [2.75, 3.05) is 0 Å². The van der Waals surface area contributed by atoms with Crippen molar-refractivity contribution in [3.63, 3.8) is 0 Å². The molecular formula is C12H13F3O. The van der Waals surface area contributed by atoms with Gasteiger partial charge in [-0.3, -0.25) is 4.79 Å². The van der Waals surface area contributed by atoms with E-state index >= 15 is 0 Å². The maximum atomic E-state index is 12.4. The zero-order chi connectivity index (χ0) is 12.3. The minimum absolute atomic E-state index is 0.128. The third-order valence-corrected chi connectivity index (χ3v) is 2.11. The Labute approximate surface area is 92.3 Å². The minimum atomic E-state index is -4.39. The van der Waals surface area contributed by atoms with Crippen LogP contribution in [0.1, 0.15) is 36.2 Å². The highest BCUT2D eigenvalue weighted by Crippen LogP contribution is 2.29. The second-order valence-electron chi connectivity index (χ2n) is 4.10. The van der Waals surface area contributed by atoms with Crippen LogP contribution in [0.15, 0.2) is 24.3 Å². The van der Waals surface area contributed by atoms with Gasteiger partial charge in [0.1, 0.15) is 0 Å². The largest absolute Gasteiger partial charge is 0.416 e. The quantitative estimate of drug-likeness (QED) is 0.719. The average Bonchev–Trinajstić information content (AvgIpc) is 2.15. The van der Waals surface area contributed by atoms with E-state index in [1.807, 2.05) is 13.8 Å². The van der Waals surface area contributed by atoms with E-state index in [4.69, 9.17) is 0 Å². The SMILES string of the molecule is CC(C)CC(=O)c1cccc(C(F)(F)F)c1. The average molecular weight is 230 g/mol. The van der Waals surface area contributed by atoms with Gasteiger partial charge in [0.2, 0.25) is 0 Å². The van der Waals surface area contributed by atoms with Gasteiger partial charge in [0.15, 0.2) is 5.78 Å². The number of halogens is 3. The first-order valence-corrected chi connectivity index (χ1v) is 5.01. The molecule has 0 N–H and O–H groups in total. The monoisotopic (exact) mass is 230 g/mol. The summed E-state index contributed by atoms with van der Waals surface area (Å²) in [7, 11) is 0. The molecule has 1 aromatic rings. The Balaban J connectivity index is 2.95. The second-order valence-corrected chi connectivity index (χ2v) is 4.10. The van der Waals surface area contributed by atoms with Crippen LogP contribution < -0.4 is 0 Å². The molecule has 0 fully saturated rings. The Hall–Kier alpha value is -1.32. The van der Waals surface area contributed by atoms with Crippen LogP contribution in [0.25, 0.3) is 0 Å². The van der Waals surface area contributed by atoms with Gasteiger partial charge in [-0.15, -0.1) is 0 Å². The van der Waals surface area contributed by atoms with E-state index in [9.17, 15) is 18.0 Å². The molecule has 0 aliphatic rings. The summed E-state index contributed by atoms with van der Waals surface area (Å²) in [5.74, 6) is -0.108. The number of rotatable bonds is 3. The maximum Gasteiger partial charge on any atom is 0.416 e. The number of hydrogen-bond acceptors (Lipinski definition) is 1. The predicted octanol–water partition coefficient (Wildman–Crippen LogP) is 3.93. The fraction of sp³-hybridized carbons (Fsp3) is 0.417. The summed E-state index contributed by atoms with van der Waals surface area (Å²) in [6.07, 6.45) is -4.13. The van der Waals surface area contributed by atoms with Crippen LogP contribution >= 0.6 is 0 Å². The fourth-order valence-corrected chi connectivity index (χ4v) is 1.36. The Morgan fingerprint density at radius 1 is 1.31 bits per heavy atom. The molecule has 0 aliphatic carbocycles. The van der Waals surface area contributed by atoms with Crippen LogP contribution in [0.3, 0.4) is 0 Å². The lowest BCUT2D eigenvalue weighted by Crippen LogP contribution is -2.08. The van der Waals surface area contributed by atoms with E-state index in [1.54, 1.807) is 0 Å². The van der Waals surface area contributed by atoms with E-state index in [0.717, 1.165) is 12.1 Å². The van der Waals surface area contributed by atoms with Crippen LogP contribution in [-0.4, -0.2) is 5.78 Å². The van der Waals surface area contributed by atoms with Gasteiger partial charge in [0.05, 0.1) is 5.56 Å². The molecule has 4 heteroatoms. The first kappa shape index (κ1) is 12.7. The summed E-state index contributed by atoms with van der Waals surface area (Å²) in [6.45, 7) is 3.71. The van der Waals surface area contributed by atoms with E-state index in [-0.39, 0.29) is 23.7 Å². The van der Waals surface area contributed by atoms with E-state index in [1.165, 1.54) is 12.1 Å². The molecule has 0 saturated carbocycles. The molecule has 1 nitrogen and oxygen atoms in total. The van der Waals surface area contributed by atoms with Crippen molar-refractivity contribution < 1.29 is 18.0 Å². The number of alkyl halides is 3. The Morgan fingerprint density at radius 3 is 2.44 bits per heavy atom. The van der Waals surface area contributed by atoms with Crippen molar-refractivity contribution in [1.29, 1.82) is 0 Å². The van der Waals surface area contributed by atoms with Crippen LogP contribution in [0, 0.1) is 5.92 Å². The van der Waals surface area contributed by atoms with Gasteiger partial charge in [-0.25, -0.2) is 0 Å². The summed E-state index contributed by atoms with van der Waals surface area (Å²) in [6, 6.07) is 4.55. The third-order valence-electron chi connectivity index (χ3n) is 2.11. The van der Waals surface area contributed by atoms with Crippen molar-refractivity contribution in [3.8, 4) is 0 Å². The molecule has 1 rings (SSSR count). The molecule has 88 valence electrons. The number of carbonyl (C=O) groups is 1. The highest BCUT2D eigenvalue weighted by atomic mass is 19.4. The standard InChI is InChI=1S/C12H13F3O/c1-8(2)6-11(16)9-4-3-5-10(7-9)12(13,14)15/h3-5,7-8H,6H2,1-2H3. The lowest BCUT2D eigenvalue weighted by molar-refractivity contribution is -0.137. The zero-order valence-electron chi connectivity index (χ0n) is 9.14. The van der Waals surface area contributed by atoms with Crippen molar-refractivity contribution >= 4 is 5.78 Å². The third kappa shape index (κ3) is 3.36. The van der Waals surface area contributed by atoms with Crippen LogP contribution in [-0.2, 0) is 6.18 Å². The van der Waals surface area contributed by atoms with Gasteiger partial charge in [0, 0.05) is 12.0 Å². The lowest BCUT2D eigenvalue weighted by Gasteiger charge is -2.09. The fourth-order valence-electron chi connectivity index (χ4n) is 1.36. The Morgan fingerprint density at radius 2 is 1.94 bits per heavy atom. The molecule has 0 atom stereocenters. The predicted molar refractivity (Wildman–Crippen MR) is 55.2 cm³/mol. The van der Waals surface area contributed by atoms with Crippen molar-refractivity contribution in [2.24, 2.45) is 5.92 Å². The minimum Gasteiger partial charge on any atom is -0.294 e. The van der Waals surface area contributed by atoms with Gasteiger partial charge in [-0.2, -0.15) is 13.2 Å². The van der Waals surface area contributed by atoms with Gasteiger partial charge in [0.25, 0.3) is 0 Å². The van der Waals surface area contributed by atoms with Crippen LogP contribution in [0.2, 0.25) is 0 Å². The number of Topliss-reactive ketones (excluding diaryl/α,β-unsaturated/α-hetero) is 1. The van der Waals surface area contributed by atoms with Crippen molar-refractivity contribution in [2.45, 2.75) is 26.4 Å². The molecule has 0 aromatic heterocycles. The highest BCUT2D eigenvalue weighted by Gasteiger charge is 2.30. The first-order valence-electron chi connectivity index (χ1n) is 5.01. The molecule has 0 aliphatic heterocycles. The maximum absolute atomic E-state index is 12.4. The van der Waals surface area contributed by atoms with Gasteiger partial charge in [-0.1, -0.05) is 26.0 Å². The molecular weight excluding hydrogens is 217 g/mol. The summed E-state index contributed by atoms with van der Waals surface area (Å²) < 4.78 is 37.1. The van der Waals surface area contributed by atoms with Crippen molar-refractivity contribution in [3.05, 3.63) is 35.4 Å². The van der Waals surface area contributed by atoms with Crippen molar-refractivity contribution in [1.82, 2.24) is 0 Å². The molecule has 0 saturated heterocycles. The second kappa shape index (κ2) is 4.68. The number of carbonyl (C=O) groups excluding carboxylic acids is 1. The lowest BCUT2D eigenvalue weighted by atomic mass is 10.00. The summed E-state index contributed by atoms with van der Waals surface area (Å²) >= 11 is 0. The van der Waals surface area contributed by atoms with E-state index < -0.39 is 11.7 Å². The molecule has 0 amide bonds. The molecule has 0 unspecified atom stereocenters. The summed E-state index contributed by atoms with van der Waals surface area (Å²) in [5.41, 5.74) is -0.648. The highest BCUT2D eigenvalue weighted by molar-refractivity contribution is 5.96. The Bertz CT molecular complexity index is 380. The normalized spacial score (nSPS) is 11.9. The first-order chi connectivity index (χ1) is 7.30. The number of benzene rings is 1. The van der Waals surface area contributed by atoms with E-state index in [2.05, 4.69) is 0 Å². The van der Waals surface area contributed by atoms with Crippen LogP contribution in [0.5, 0.6) is 0 Å². The molecule has 0 bridgehead atoms. The van der Waals surface area contributed by atoms with Gasteiger partial charge in [-0.05, 0) is 18.1 Å². The molecule has 0 spiro atoms. The molecule has 0 radical (unpaired) electrons. The van der Waals surface area contributed by atoms with Gasteiger partial charge < -0.3 is 0 Å². The van der Waals surface area contributed by atoms with Gasteiger partial charge >= 0.3 is 6.18 Å². The summed E-state index contributed by atoms with van der Waals surface area (Å²) in [4.78, 5) is 11.6. The molecule has 1 aromatic carbocycles. The number of ketones is 1. The Kier molecular flexibility index (Phi) is 3.73. The molecule has 0 heterocycles. The zero-order valence-corrected chi connectivity index (χ0v) is 9.14. The molecule has 16 heavy (non-hydrogen) atoms. The summed E-state index contributed by atoms with van der Waals surface area (Å²) in [5, 5.41) is 0. The van der Waals surface area contributed by atoms with Crippen LogP contribution in [0.4, 0.5) is 13.2 Å².